The molecule has 0 bridgehead atoms. The number of hydrogen-bond donors (Lipinski definition) is 0. The third-order valence-corrected chi connectivity index (χ3v) is 6.63. The molecule has 0 spiro atoms. The van der Waals surface area contributed by atoms with Crippen molar-refractivity contribution < 1.29 is 8.78 Å². The Morgan fingerprint density at radius 3 is 1.96 bits per heavy atom. The summed E-state index contributed by atoms with van der Waals surface area (Å²) in [5, 5.41) is 0. The molecule has 0 N–H and O–H groups in total. The van der Waals surface area contributed by atoms with Crippen LogP contribution in [0.15, 0.2) is 29.8 Å². The summed E-state index contributed by atoms with van der Waals surface area (Å²) in [5.41, 5.74) is 2.48. The molecule has 0 atom stereocenters. The Morgan fingerprint density at radius 1 is 0.840 bits per heavy atom. The first-order valence-corrected chi connectivity index (χ1v) is 10.3. The van der Waals surface area contributed by atoms with Crippen molar-refractivity contribution in [3.05, 3.63) is 47.0 Å². The molecule has 2 fully saturated rings. The van der Waals surface area contributed by atoms with Gasteiger partial charge in [-0.1, -0.05) is 30.5 Å². The van der Waals surface area contributed by atoms with E-state index in [4.69, 9.17) is 11.6 Å². The Kier molecular flexibility index (Phi) is 6.92. The molecule has 1 aromatic carbocycles. The van der Waals surface area contributed by atoms with Crippen molar-refractivity contribution in [2.24, 2.45) is 23.7 Å². The minimum atomic E-state index is -0.460. The second-order valence-electron chi connectivity index (χ2n) is 8.09. The van der Waals surface area contributed by atoms with Crippen LogP contribution in [0.5, 0.6) is 0 Å². The first-order valence-electron chi connectivity index (χ1n) is 9.86. The number of allylic oxidation sites excluding steroid dienone is 1. The van der Waals surface area contributed by atoms with Crippen LogP contribution in [0.1, 0.15) is 63.4 Å². The molecule has 0 aromatic heterocycles. The number of hydrogen-bond acceptors (Lipinski definition) is 0. The van der Waals surface area contributed by atoms with Crippen molar-refractivity contribution >= 4 is 11.6 Å². The van der Waals surface area contributed by atoms with Gasteiger partial charge in [0.2, 0.25) is 0 Å². The summed E-state index contributed by atoms with van der Waals surface area (Å²) in [6, 6.07) is 3.90. The second kappa shape index (κ2) is 9.16. The van der Waals surface area contributed by atoms with Crippen molar-refractivity contribution in [1.82, 2.24) is 0 Å². The van der Waals surface area contributed by atoms with E-state index in [1.54, 1.807) is 5.54 Å². The Hall–Kier alpha value is -0.890. The minimum absolute atomic E-state index is 0.460. The molecular formula is C22H29ClF2. The van der Waals surface area contributed by atoms with Gasteiger partial charge in [-0.2, -0.15) is 0 Å². The summed E-state index contributed by atoms with van der Waals surface area (Å²) < 4.78 is 26.6. The number of halogens is 3. The highest BCUT2D eigenvalue weighted by Crippen LogP contribution is 2.42. The van der Waals surface area contributed by atoms with Gasteiger partial charge in [0.25, 0.3) is 0 Å². The summed E-state index contributed by atoms with van der Waals surface area (Å²) in [4.78, 5) is 0. The molecule has 0 radical (unpaired) electrons. The van der Waals surface area contributed by atoms with Gasteiger partial charge in [-0.15, -0.1) is 0 Å². The van der Waals surface area contributed by atoms with Crippen LogP contribution in [0, 0.1) is 35.3 Å². The van der Waals surface area contributed by atoms with Gasteiger partial charge in [0.15, 0.2) is 0 Å². The zero-order chi connectivity index (χ0) is 17.6. The van der Waals surface area contributed by atoms with Gasteiger partial charge in [-0.3, -0.25) is 0 Å². The molecule has 0 amide bonds. The minimum Gasteiger partial charge on any atom is -0.207 e. The lowest BCUT2D eigenvalue weighted by Crippen LogP contribution is -2.25. The van der Waals surface area contributed by atoms with E-state index in [1.807, 2.05) is 0 Å². The Bertz CT molecular complexity index is 547. The van der Waals surface area contributed by atoms with Crippen LogP contribution in [0.3, 0.4) is 0 Å². The lowest BCUT2D eigenvalue weighted by molar-refractivity contribution is 0.153. The van der Waals surface area contributed by atoms with E-state index in [0.717, 1.165) is 42.2 Å². The van der Waals surface area contributed by atoms with Gasteiger partial charge >= 0.3 is 0 Å². The quantitative estimate of drug-likeness (QED) is 0.514. The molecule has 138 valence electrons. The topological polar surface area (TPSA) is 0 Å². The maximum absolute atomic E-state index is 13.3. The van der Waals surface area contributed by atoms with Crippen molar-refractivity contribution in [1.29, 1.82) is 0 Å². The fourth-order valence-corrected chi connectivity index (χ4v) is 5.19. The maximum atomic E-state index is 13.3. The fraction of sp³-hybridized carbons (Fsp3) is 0.636. The largest absolute Gasteiger partial charge is 0.207 e. The fourth-order valence-electron chi connectivity index (χ4n) is 4.99. The highest BCUT2D eigenvalue weighted by atomic mass is 35.5. The number of benzene rings is 1. The van der Waals surface area contributed by atoms with E-state index in [0.29, 0.717) is 5.92 Å². The van der Waals surface area contributed by atoms with E-state index < -0.39 is 11.6 Å². The van der Waals surface area contributed by atoms with Crippen LogP contribution in [0.2, 0.25) is 0 Å². The second-order valence-corrected chi connectivity index (χ2v) is 8.34. The molecule has 0 aliphatic heterocycles. The van der Waals surface area contributed by atoms with Gasteiger partial charge in [-0.05, 0) is 92.7 Å². The molecule has 2 saturated carbocycles. The molecule has 3 heteroatoms. The van der Waals surface area contributed by atoms with Crippen LogP contribution < -0.4 is 0 Å². The molecule has 2 aliphatic rings. The van der Waals surface area contributed by atoms with E-state index in [-0.39, 0.29) is 0 Å². The average molecular weight is 367 g/mol. The van der Waals surface area contributed by atoms with E-state index in [2.05, 4.69) is 6.08 Å². The summed E-state index contributed by atoms with van der Waals surface area (Å²) in [6.45, 7) is 0. The number of aryl methyl sites for hydroxylation is 1. The molecule has 25 heavy (non-hydrogen) atoms. The molecule has 0 heterocycles. The zero-order valence-corrected chi connectivity index (χ0v) is 15.7. The van der Waals surface area contributed by atoms with Crippen LogP contribution in [-0.4, -0.2) is 0 Å². The zero-order valence-electron chi connectivity index (χ0n) is 14.9. The highest BCUT2D eigenvalue weighted by molar-refractivity contribution is 6.25. The molecule has 1 aromatic rings. The summed E-state index contributed by atoms with van der Waals surface area (Å²) in [5.74, 6) is 2.29. The first-order chi connectivity index (χ1) is 12.1. The maximum Gasteiger partial charge on any atom is 0.126 e. The van der Waals surface area contributed by atoms with E-state index in [9.17, 15) is 8.78 Å². The van der Waals surface area contributed by atoms with Crippen LogP contribution in [0.25, 0.3) is 0 Å². The Labute approximate surface area is 155 Å². The monoisotopic (exact) mass is 366 g/mol. The molecular weight excluding hydrogens is 338 g/mol. The van der Waals surface area contributed by atoms with Crippen LogP contribution >= 0.6 is 11.6 Å². The smallest absolute Gasteiger partial charge is 0.126 e. The predicted octanol–water partition coefficient (Wildman–Crippen LogP) is 7.26. The summed E-state index contributed by atoms with van der Waals surface area (Å²) in [6.07, 6.45) is 14.5. The predicted molar refractivity (Wildman–Crippen MR) is 101 cm³/mol. The molecule has 0 unspecified atom stereocenters. The summed E-state index contributed by atoms with van der Waals surface area (Å²) in [7, 11) is 0. The SMILES string of the molecule is Fc1cc(F)cc(CCC2CCC(C3CCC(/C=C/Cl)CC3)CC2)c1. The normalized spacial score (nSPS) is 30.7. The molecule has 3 rings (SSSR count). The molecule has 2 aliphatic carbocycles. The van der Waals surface area contributed by atoms with Gasteiger partial charge in [0, 0.05) is 11.6 Å². The first kappa shape index (κ1) is 18.9. The van der Waals surface area contributed by atoms with Gasteiger partial charge in [-0.25, -0.2) is 8.78 Å². The van der Waals surface area contributed by atoms with Crippen molar-refractivity contribution in [3.63, 3.8) is 0 Å². The molecule has 0 nitrogen and oxygen atoms in total. The number of rotatable bonds is 5. The average Bonchev–Trinajstić information content (AvgIpc) is 2.61. The van der Waals surface area contributed by atoms with Crippen molar-refractivity contribution in [3.8, 4) is 0 Å². The Morgan fingerprint density at radius 2 is 1.40 bits per heavy atom. The highest BCUT2D eigenvalue weighted by Gasteiger charge is 2.30. The standard InChI is InChI=1S/C22H29ClF2/c23-12-11-17-5-9-20(10-6-17)19-7-3-16(4-8-19)1-2-18-13-21(24)15-22(25)14-18/h11-17,19-20H,1-10H2/b12-11+. The van der Waals surface area contributed by atoms with Crippen LogP contribution in [-0.2, 0) is 6.42 Å². The summed E-state index contributed by atoms with van der Waals surface area (Å²) >= 11 is 5.71. The third kappa shape index (κ3) is 5.54. The van der Waals surface area contributed by atoms with E-state index in [1.165, 1.54) is 63.5 Å². The van der Waals surface area contributed by atoms with Gasteiger partial charge in [0.1, 0.15) is 11.6 Å². The van der Waals surface area contributed by atoms with Gasteiger partial charge < -0.3 is 0 Å². The lowest BCUT2D eigenvalue weighted by atomic mass is 9.68. The molecule has 0 saturated heterocycles. The Balaban J connectivity index is 1.40. The van der Waals surface area contributed by atoms with E-state index >= 15 is 0 Å². The van der Waals surface area contributed by atoms with Crippen molar-refractivity contribution in [2.75, 3.05) is 0 Å². The van der Waals surface area contributed by atoms with Gasteiger partial charge in [0.05, 0.1) is 0 Å². The van der Waals surface area contributed by atoms with Crippen molar-refractivity contribution in [2.45, 2.75) is 64.2 Å². The van der Waals surface area contributed by atoms with Crippen LogP contribution in [0.4, 0.5) is 8.78 Å². The third-order valence-electron chi connectivity index (χ3n) is 6.48. The lowest BCUT2D eigenvalue weighted by Gasteiger charge is -2.37.